The molecule has 0 saturated heterocycles. The van der Waals surface area contributed by atoms with Crippen LogP contribution in [-0.4, -0.2) is 16.5 Å². The van der Waals surface area contributed by atoms with Crippen LogP contribution in [0.2, 0.25) is 0 Å². The van der Waals surface area contributed by atoms with Crippen molar-refractivity contribution < 1.29 is 8.78 Å². The summed E-state index contributed by atoms with van der Waals surface area (Å²) in [6.07, 6.45) is 2.99. The van der Waals surface area contributed by atoms with Crippen molar-refractivity contribution in [1.29, 1.82) is 0 Å². The highest BCUT2D eigenvalue weighted by atomic mass is 19.1. The zero-order valence-electron chi connectivity index (χ0n) is 9.74. The summed E-state index contributed by atoms with van der Waals surface area (Å²) in [5, 5.41) is 5.66. The Morgan fingerprint density at radius 3 is 2.72 bits per heavy atom. The van der Waals surface area contributed by atoms with Crippen molar-refractivity contribution in [3.8, 4) is 0 Å². The van der Waals surface area contributed by atoms with Crippen LogP contribution in [0.3, 0.4) is 0 Å². The number of nitrogens with zero attached hydrogens (tertiary/aromatic N) is 2. The van der Waals surface area contributed by atoms with Crippen molar-refractivity contribution in [3.05, 3.63) is 42.2 Å². The van der Waals surface area contributed by atoms with Gasteiger partial charge in [-0.1, -0.05) is 0 Å². The largest absolute Gasteiger partial charge is 0.369 e. The number of aromatic nitrogens is 2. The van der Waals surface area contributed by atoms with Gasteiger partial charge >= 0.3 is 0 Å². The van der Waals surface area contributed by atoms with E-state index in [1.807, 2.05) is 6.92 Å². The van der Waals surface area contributed by atoms with Gasteiger partial charge in [0.15, 0.2) is 5.82 Å². The van der Waals surface area contributed by atoms with Gasteiger partial charge in [-0.05, 0) is 19.1 Å². The quantitative estimate of drug-likeness (QED) is 0.876. The summed E-state index contributed by atoms with van der Waals surface area (Å²) in [4.78, 5) is 8.10. The van der Waals surface area contributed by atoms with Crippen LogP contribution in [0.1, 0.15) is 6.92 Å². The maximum atomic E-state index is 13.4. The van der Waals surface area contributed by atoms with Gasteiger partial charge in [0.1, 0.15) is 17.5 Å². The highest BCUT2D eigenvalue weighted by Gasteiger charge is 2.05. The van der Waals surface area contributed by atoms with Crippen molar-refractivity contribution in [3.63, 3.8) is 0 Å². The fourth-order valence-corrected chi connectivity index (χ4v) is 1.42. The monoisotopic (exact) mass is 250 g/mol. The Morgan fingerprint density at radius 2 is 1.94 bits per heavy atom. The number of halogens is 2. The number of hydrogen-bond donors (Lipinski definition) is 2. The first-order valence-corrected chi connectivity index (χ1v) is 5.47. The summed E-state index contributed by atoms with van der Waals surface area (Å²) in [7, 11) is 0. The molecule has 0 atom stereocenters. The number of benzene rings is 1. The normalized spacial score (nSPS) is 10.2. The summed E-state index contributed by atoms with van der Waals surface area (Å²) < 4.78 is 26.4. The van der Waals surface area contributed by atoms with E-state index in [4.69, 9.17) is 0 Å². The van der Waals surface area contributed by atoms with E-state index in [1.54, 1.807) is 6.20 Å². The van der Waals surface area contributed by atoms with Crippen molar-refractivity contribution in [2.75, 3.05) is 17.2 Å². The Kier molecular flexibility index (Phi) is 3.66. The number of rotatable bonds is 4. The van der Waals surface area contributed by atoms with E-state index < -0.39 is 11.6 Å². The highest BCUT2D eigenvalue weighted by Crippen LogP contribution is 2.19. The van der Waals surface area contributed by atoms with Gasteiger partial charge in [-0.15, -0.1) is 0 Å². The van der Waals surface area contributed by atoms with Gasteiger partial charge in [0.2, 0.25) is 0 Å². The lowest BCUT2D eigenvalue weighted by atomic mass is 10.3. The molecule has 2 aromatic rings. The zero-order chi connectivity index (χ0) is 13.0. The van der Waals surface area contributed by atoms with Crippen molar-refractivity contribution >= 4 is 17.3 Å². The Morgan fingerprint density at radius 1 is 1.17 bits per heavy atom. The molecule has 0 saturated carbocycles. The molecular formula is C12H12F2N4. The molecule has 1 aromatic carbocycles. The standard InChI is InChI=1S/C12H12F2N4/c1-2-16-11-6-15-7-12(18-11)17-10-5-8(13)3-4-9(10)14/h3-7H,2H2,1H3,(H2,16,17,18). The van der Waals surface area contributed by atoms with Crippen LogP contribution in [0.4, 0.5) is 26.1 Å². The van der Waals surface area contributed by atoms with Crippen molar-refractivity contribution in [2.45, 2.75) is 6.92 Å². The first kappa shape index (κ1) is 12.2. The third-order valence-corrected chi connectivity index (χ3v) is 2.18. The summed E-state index contributed by atoms with van der Waals surface area (Å²) in [5.74, 6) is -0.154. The predicted molar refractivity (Wildman–Crippen MR) is 65.8 cm³/mol. The van der Waals surface area contributed by atoms with E-state index in [0.717, 1.165) is 18.2 Å². The molecule has 6 heteroatoms. The first-order valence-electron chi connectivity index (χ1n) is 5.47. The average molecular weight is 250 g/mol. The molecule has 0 amide bonds. The Balaban J connectivity index is 2.22. The SMILES string of the molecule is CCNc1cncc(Nc2cc(F)ccc2F)n1. The molecule has 0 spiro atoms. The van der Waals surface area contributed by atoms with Crippen LogP contribution in [0, 0.1) is 11.6 Å². The summed E-state index contributed by atoms with van der Waals surface area (Å²) in [6, 6.07) is 3.18. The average Bonchev–Trinajstić information content (AvgIpc) is 2.35. The summed E-state index contributed by atoms with van der Waals surface area (Å²) >= 11 is 0. The molecule has 1 heterocycles. The van der Waals surface area contributed by atoms with Crippen LogP contribution in [-0.2, 0) is 0 Å². The van der Waals surface area contributed by atoms with E-state index in [0.29, 0.717) is 18.2 Å². The van der Waals surface area contributed by atoms with Gasteiger partial charge in [0, 0.05) is 12.6 Å². The molecular weight excluding hydrogens is 238 g/mol. The second-order valence-electron chi connectivity index (χ2n) is 3.57. The molecule has 0 aliphatic rings. The molecule has 0 aliphatic carbocycles. The molecule has 1 aromatic heterocycles. The Labute approximate surface area is 103 Å². The fraction of sp³-hybridized carbons (Fsp3) is 0.167. The third kappa shape index (κ3) is 2.91. The summed E-state index contributed by atoms with van der Waals surface area (Å²) in [5.41, 5.74) is 0.0259. The molecule has 0 aliphatic heterocycles. The van der Waals surface area contributed by atoms with Crippen LogP contribution >= 0.6 is 0 Å². The van der Waals surface area contributed by atoms with Crippen LogP contribution < -0.4 is 10.6 Å². The molecule has 0 fully saturated rings. The van der Waals surface area contributed by atoms with E-state index >= 15 is 0 Å². The molecule has 2 rings (SSSR count). The maximum absolute atomic E-state index is 13.4. The van der Waals surface area contributed by atoms with Gasteiger partial charge in [-0.2, -0.15) is 0 Å². The van der Waals surface area contributed by atoms with E-state index in [1.165, 1.54) is 6.20 Å². The minimum absolute atomic E-state index is 0.0259. The van der Waals surface area contributed by atoms with Gasteiger partial charge in [0.05, 0.1) is 18.1 Å². The molecule has 18 heavy (non-hydrogen) atoms. The van der Waals surface area contributed by atoms with E-state index in [9.17, 15) is 8.78 Å². The highest BCUT2D eigenvalue weighted by molar-refractivity contribution is 5.57. The number of nitrogens with one attached hydrogen (secondary N) is 2. The maximum Gasteiger partial charge on any atom is 0.151 e. The van der Waals surface area contributed by atoms with Gasteiger partial charge < -0.3 is 10.6 Å². The summed E-state index contributed by atoms with van der Waals surface area (Å²) in [6.45, 7) is 2.63. The Bertz CT molecular complexity index is 545. The fourth-order valence-electron chi connectivity index (χ4n) is 1.42. The second-order valence-corrected chi connectivity index (χ2v) is 3.57. The minimum Gasteiger partial charge on any atom is -0.369 e. The lowest BCUT2D eigenvalue weighted by molar-refractivity contribution is 0.603. The number of anilines is 3. The zero-order valence-corrected chi connectivity index (χ0v) is 9.74. The van der Waals surface area contributed by atoms with E-state index in [-0.39, 0.29) is 5.69 Å². The molecule has 0 bridgehead atoms. The minimum atomic E-state index is -0.549. The van der Waals surface area contributed by atoms with Crippen LogP contribution in [0.5, 0.6) is 0 Å². The molecule has 2 N–H and O–H groups in total. The molecule has 94 valence electrons. The van der Waals surface area contributed by atoms with Crippen molar-refractivity contribution in [1.82, 2.24) is 9.97 Å². The van der Waals surface area contributed by atoms with Gasteiger partial charge in [0.25, 0.3) is 0 Å². The topological polar surface area (TPSA) is 49.8 Å². The van der Waals surface area contributed by atoms with E-state index in [2.05, 4.69) is 20.6 Å². The molecule has 0 radical (unpaired) electrons. The van der Waals surface area contributed by atoms with Crippen molar-refractivity contribution in [2.24, 2.45) is 0 Å². The third-order valence-electron chi connectivity index (χ3n) is 2.18. The lowest BCUT2D eigenvalue weighted by Gasteiger charge is -2.08. The molecule has 0 unspecified atom stereocenters. The Hall–Kier alpha value is -2.24. The van der Waals surface area contributed by atoms with Crippen LogP contribution in [0.25, 0.3) is 0 Å². The number of hydrogen-bond acceptors (Lipinski definition) is 4. The van der Waals surface area contributed by atoms with Gasteiger partial charge in [-0.3, -0.25) is 4.98 Å². The second kappa shape index (κ2) is 5.39. The lowest BCUT2D eigenvalue weighted by Crippen LogP contribution is -2.03. The first-order chi connectivity index (χ1) is 8.69. The van der Waals surface area contributed by atoms with Crippen LogP contribution in [0.15, 0.2) is 30.6 Å². The predicted octanol–water partition coefficient (Wildman–Crippen LogP) is 2.93. The molecule has 4 nitrogen and oxygen atoms in total. The smallest absolute Gasteiger partial charge is 0.151 e. The van der Waals surface area contributed by atoms with Gasteiger partial charge in [-0.25, -0.2) is 13.8 Å².